The van der Waals surface area contributed by atoms with Gasteiger partial charge in [-0.3, -0.25) is 0 Å². The van der Waals surface area contributed by atoms with Crippen molar-refractivity contribution in [2.75, 3.05) is 20.3 Å². The Kier molecular flexibility index (Phi) is 5.08. The van der Waals surface area contributed by atoms with Gasteiger partial charge in [-0.15, -0.1) is 5.10 Å². The van der Waals surface area contributed by atoms with E-state index in [-0.39, 0.29) is 12.1 Å². The lowest BCUT2D eigenvalue weighted by atomic mass is 10.2. The second-order valence-corrected chi connectivity index (χ2v) is 4.16. The molecule has 0 fully saturated rings. The normalized spacial score (nSPS) is 10.9. The number of hydrogen-bond donors (Lipinski definition) is 1. The van der Waals surface area contributed by atoms with E-state index in [1.807, 2.05) is 0 Å². The lowest BCUT2D eigenvalue weighted by molar-refractivity contribution is 0.198. The van der Waals surface area contributed by atoms with Crippen LogP contribution in [0.4, 0.5) is 8.78 Å². The van der Waals surface area contributed by atoms with Gasteiger partial charge in [0.2, 0.25) is 0 Å². The molecule has 0 amide bonds. The molecule has 2 rings (SSSR count). The monoisotopic (exact) mass is 283 g/mol. The van der Waals surface area contributed by atoms with Crippen LogP contribution in [0.5, 0.6) is 0 Å². The molecular weight excluding hydrogens is 268 g/mol. The number of nitrogens with one attached hydrogen (secondary N) is 1. The number of tetrazole rings is 1. The minimum absolute atomic E-state index is 0.0812. The highest BCUT2D eigenvalue weighted by Gasteiger charge is 2.10. The summed E-state index contributed by atoms with van der Waals surface area (Å²) in [5.41, 5.74) is 0.204. The molecule has 0 aliphatic rings. The molecule has 108 valence electrons. The Labute approximate surface area is 114 Å². The molecule has 1 aromatic heterocycles. The van der Waals surface area contributed by atoms with Crippen molar-refractivity contribution < 1.29 is 13.5 Å². The van der Waals surface area contributed by atoms with Gasteiger partial charge in [0.1, 0.15) is 11.6 Å². The second kappa shape index (κ2) is 7.01. The minimum Gasteiger partial charge on any atom is -0.383 e. The molecule has 0 aliphatic carbocycles. The summed E-state index contributed by atoms with van der Waals surface area (Å²) in [6.45, 7) is 1.73. The van der Waals surface area contributed by atoms with Crippen LogP contribution in [-0.2, 0) is 17.8 Å². The number of methoxy groups -OCH3 is 1. The van der Waals surface area contributed by atoms with E-state index in [9.17, 15) is 8.78 Å². The molecule has 0 atom stereocenters. The second-order valence-electron chi connectivity index (χ2n) is 4.16. The van der Waals surface area contributed by atoms with Gasteiger partial charge >= 0.3 is 0 Å². The van der Waals surface area contributed by atoms with Gasteiger partial charge < -0.3 is 10.1 Å². The molecule has 2 aromatic rings. The van der Waals surface area contributed by atoms with Crippen molar-refractivity contribution in [2.45, 2.75) is 13.1 Å². The number of nitrogens with zero attached hydrogens (tertiary/aromatic N) is 4. The highest BCUT2D eigenvalue weighted by molar-refractivity contribution is 5.19. The van der Waals surface area contributed by atoms with Crippen molar-refractivity contribution in [1.29, 1.82) is 0 Å². The fraction of sp³-hybridized carbons (Fsp3) is 0.417. The van der Waals surface area contributed by atoms with Crippen molar-refractivity contribution in [3.63, 3.8) is 0 Å². The maximum atomic E-state index is 13.6. The SMILES string of the molecule is COCCNCc1nnnn1Cc1cc(F)ccc1F. The van der Waals surface area contributed by atoms with Crippen LogP contribution < -0.4 is 5.32 Å². The van der Waals surface area contributed by atoms with E-state index in [2.05, 4.69) is 20.8 Å². The van der Waals surface area contributed by atoms with Crippen molar-refractivity contribution in [3.05, 3.63) is 41.2 Å². The molecule has 1 aromatic carbocycles. The molecular formula is C12H15F2N5O. The summed E-state index contributed by atoms with van der Waals surface area (Å²) in [5, 5.41) is 14.3. The van der Waals surface area contributed by atoms with Crippen molar-refractivity contribution in [1.82, 2.24) is 25.5 Å². The third-order valence-corrected chi connectivity index (χ3v) is 2.70. The molecule has 0 bridgehead atoms. The number of ether oxygens (including phenoxy) is 1. The predicted octanol–water partition coefficient (Wildman–Crippen LogP) is 0.736. The highest BCUT2D eigenvalue weighted by atomic mass is 19.1. The standard InChI is InChI=1S/C12H15F2N5O/c1-20-5-4-15-7-12-16-17-18-19(12)8-9-6-10(13)2-3-11(9)14/h2-3,6,15H,4-5,7-8H2,1H3. The van der Waals surface area contributed by atoms with Crippen molar-refractivity contribution in [2.24, 2.45) is 0 Å². The Morgan fingerprint density at radius 2 is 2.20 bits per heavy atom. The number of hydrogen-bond acceptors (Lipinski definition) is 5. The van der Waals surface area contributed by atoms with Gasteiger partial charge in [0.15, 0.2) is 5.82 Å². The summed E-state index contributed by atoms with van der Waals surface area (Å²) in [5.74, 6) is -0.431. The average Bonchev–Trinajstić information content (AvgIpc) is 2.86. The van der Waals surface area contributed by atoms with Gasteiger partial charge in [-0.05, 0) is 28.6 Å². The zero-order valence-corrected chi connectivity index (χ0v) is 11.0. The summed E-state index contributed by atoms with van der Waals surface area (Å²) in [6.07, 6.45) is 0. The van der Waals surface area contributed by atoms with Crippen molar-refractivity contribution in [3.8, 4) is 0 Å². The van der Waals surface area contributed by atoms with Crippen LogP contribution in [0.1, 0.15) is 11.4 Å². The first kappa shape index (κ1) is 14.5. The van der Waals surface area contributed by atoms with Gasteiger partial charge in [0.25, 0.3) is 0 Å². The smallest absolute Gasteiger partial charge is 0.165 e. The van der Waals surface area contributed by atoms with Crippen LogP contribution in [0.25, 0.3) is 0 Å². The van der Waals surface area contributed by atoms with Gasteiger partial charge in [-0.25, -0.2) is 13.5 Å². The van der Waals surface area contributed by atoms with Gasteiger partial charge in [0.05, 0.1) is 19.7 Å². The molecule has 0 aliphatic heterocycles. The largest absolute Gasteiger partial charge is 0.383 e. The summed E-state index contributed by atoms with van der Waals surface area (Å²) < 4.78 is 33.0. The summed E-state index contributed by atoms with van der Waals surface area (Å²) in [6, 6.07) is 3.30. The van der Waals surface area contributed by atoms with Crippen LogP contribution in [0.15, 0.2) is 18.2 Å². The van der Waals surface area contributed by atoms with E-state index in [4.69, 9.17) is 4.74 Å². The lowest BCUT2D eigenvalue weighted by Gasteiger charge is -2.07. The molecule has 8 heteroatoms. The Balaban J connectivity index is 2.02. The van der Waals surface area contributed by atoms with Crippen LogP contribution in [0.2, 0.25) is 0 Å². The van der Waals surface area contributed by atoms with E-state index in [1.165, 1.54) is 4.68 Å². The van der Waals surface area contributed by atoms with Gasteiger partial charge in [-0.2, -0.15) is 0 Å². The molecule has 1 N–H and O–H groups in total. The Morgan fingerprint density at radius 3 is 3.00 bits per heavy atom. The molecule has 0 radical (unpaired) electrons. The van der Waals surface area contributed by atoms with Gasteiger partial charge in [-0.1, -0.05) is 0 Å². The highest BCUT2D eigenvalue weighted by Crippen LogP contribution is 2.11. The Bertz CT molecular complexity index is 561. The van der Waals surface area contributed by atoms with Gasteiger partial charge in [0, 0.05) is 19.2 Å². The van der Waals surface area contributed by atoms with Crippen LogP contribution in [0, 0.1) is 11.6 Å². The number of aromatic nitrogens is 4. The summed E-state index contributed by atoms with van der Waals surface area (Å²) >= 11 is 0. The molecule has 1 heterocycles. The number of rotatable bonds is 7. The first-order valence-electron chi connectivity index (χ1n) is 6.09. The van der Waals surface area contributed by atoms with E-state index in [0.29, 0.717) is 25.5 Å². The lowest BCUT2D eigenvalue weighted by Crippen LogP contribution is -2.21. The first-order chi connectivity index (χ1) is 9.70. The average molecular weight is 283 g/mol. The third-order valence-electron chi connectivity index (χ3n) is 2.70. The van der Waals surface area contributed by atoms with E-state index >= 15 is 0 Å². The molecule has 0 saturated heterocycles. The fourth-order valence-electron chi connectivity index (χ4n) is 1.67. The van der Waals surface area contributed by atoms with Crippen LogP contribution in [-0.4, -0.2) is 40.5 Å². The van der Waals surface area contributed by atoms with Crippen LogP contribution in [0.3, 0.4) is 0 Å². The van der Waals surface area contributed by atoms with E-state index in [1.54, 1.807) is 7.11 Å². The molecule has 6 nitrogen and oxygen atoms in total. The number of benzene rings is 1. The molecule has 0 saturated carbocycles. The maximum absolute atomic E-state index is 13.6. The molecule has 0 unspecified atom stereocenters. The minimum atomic E-state index is -0.491. The Hall–Kier alpha value is -1.93. The molecule has 0 spiro atoms. The zero-order valence-electron chi connectivity index (χ0n) is 11.0. The van der Waals surface area contributed by atoms with E-state index in [0.717, 1.165) is 18.2 Å². The first-order valence-corrected chi connectivity index (χ1v) is 6.09. The quantitative estimate of drug-likeness (QED) is 0.759. The maximum Gasteiger partial charge on any atom is 0.165 e. The topological polar surface area (TPSA) is 64.9 Å². The third kappa shape index (κ3) is 3.78. The number of halogens is 2. The van der Waals surface area contributed by atoms with Crippen molar-refractivity contribution >= 4 is 0 Å². The summed E-state index contributed by atoms with van der Waals surface area (Å²) in [7, 11) is 1.61. The fourth-order valence-corrected chi connectivity index (χ4v) is 1.67. The zero-order chi connectivity index (χ0) is 14.4. The van der Waals surface area contributed by atoms with Crippen LogP contribution >= 0.6 is 0 Å². The summed E-state index contributed by atoms with van der Waals surface area (Å²) in [4.78, 5) is 0. The molecule has 20 heavy (non-hydrogen) atoms. The predicted molar refractivity (Wildman–Crippen MR) is 66.9 cm³/mol. The Morgan fingerprint density at radius 1 is 1.35 bits per heavy atom. The van der Waals surface area contributed by atoms with E-state index < -0.39 is 11.6 Å².